The fraction of sp³-hybridized carbons (Fsp3) is 0.312. The van der Waals surface area contributed by atoms with Crippen molar-refractivity contribution in [2.45, 2.75) is 26.4 Å². The van der Waals surface area contributed by atoms with E-state index in [4.69, 9.17) is 17.3 Å². The first-order valence-corrected chi connectivity index (χ1v) is 7.39. The van der Waals surface area contributed by atoms with Gasteiger partial charge in [-0.1, -0.05) is 11.6 Å². The van der Waals surface area contributed by atoms with Crippen molar-refractivity contribution in [2.24, 2.45) is 0 Å². The van der Waals surface area contributed by atoms with Crippen molar-refractivity contribution >= 4 is 23.2 Å². The van der Waals surface area contributed by atoms with Crippen molar-refractivity contribution < 1.29 is 4.79 Å². The third kappa shape index (κ3) is 2.29. The van der Waals surface area contributed by atoms with Gasteiger partial charge in [-0.05, 0) is 44.2 Å². The summed E-state index contributed by atoms with van der Waals surface area (Å²) in [4.78, 5) is 14.6. The summed E-state index contributed by atoms with van der Waals surface area (Å²) in [5.74, 6) is -0.00509. The molecular formula is C16H18ClN3O. The Morgan fingerprint density at radius 3 is 2.76 bits per heavy atom. The molecule has 21 heavy (non-hydrogen) atoms. The van der Waals surface area contributed by atoms with Gasteiger partial charge in [-0.2, -0.15) is 0 Å². The van der Waals surface area contributed by atoms with E-state index < -0.39 is 0 Å². The number of hydrogen-bond acceptors (Lipinski definition) is 2. The topological polar surface area (TPSA) is 51.3 Å². The predicted octanol–water partition coefficient (Wildman–Crippen LogP) is 3.25. The number of benzene rings is 1. The number of hydrogen-bond donors (Lipinski definition) is 1. The number of fused-ring (bicyclic) bond motifs is 1. The van der Waals surface area contributed by atoms with Crippen LogP contribution in [0.3, 0.4) is 0 Å². The molecular weight excluding hydrogens is 286 g/mol. The Bertz CT molecular complexity index is 708. The van der Waals surface area contributed by atoms with Crippen molar-refractivity contribution in [1.29, 1.82) is 0 Å². The third-order valence-corrected chi connectivity index (χ3v) is 4.53. The van der Waals surface area contributed by atoms with Crippen LogP contribution >= 0.6 is 11.6 Å². The summed E-state index contributed by atoms with van der Waals surface area (Å²) in [6.07, 6.45) is 0. The maximum Gasteiger partial charge on any atom is 0.254 e. The second kappa shape index (κ2) is 5.11. The molecule has 3 rings (SSSR count). The molecule has 0 bridgehead atoms. The maximum atomic E-state index is 12.7. The van der Waals surface area contributed by atoms with Crippen LogP contribution in [0.25, 0.3) is 0 Å². The molecule has 0 saturated carbocycles. The van der Waals surface area contributed by atoms with Gasteiger partial charge in [-0.25, -0.2) is 0 Å². The minimum atomic E-state index is -0.00509. The molecule has 1 aliphatic heterocycles. The first kappa shape index (κ1) is 14.0. The van der Waals surface area contributed by atoms with E-state index in [1.165, 1.54) is 11.4 Å². The molecule has 2 N–H and O–H groups in total. The Hall–Kier alpha value is -1.94. The van der Waals surface area contributed by atoms with Crippen LogP contribution < -0.4 is 5.73 Å². The minimum Gasteiger partial charge on any atom is -0.398 e. The average Bonchev–Trinajstić information content (AvgIpc) is 2.84. The summed E-state index contributed by atoms with van der Waals surface area (Å²) in [6.45, 7) is 5.67. The lowest BCUT2D eigenvalue weighted by molar-refractivity contribution is 0.0643. The van der Waals surface area contributed by atoms with Gasteiger partial charge in [-0.15, -0.1) is 0 Å². The van der Waals surface area contributed by atoms with Crippen LogP contribution in [-0.2, 0) is 6.54 Å². The van der Waals surface area contributed by atoms with E-state index >= 15 is 0 Å². The normalized spacial score (nSPS) is 17.7. The van der Waals surface area contributed by atoms with Crippen molar-refractivity contribution in [2.75, 3.05) is 12.3 Å². The van der Waals surface area contributed by atoms with Gasteiger partial charge in [0.2, 0.25) is 0 Å². The second-order valence-corrected chi connectivity index (χ2v) is 5.87. The van der Waals surface area contributed by atoms with E-state index in [2.05, 4.69) is 30.5 Å². The monoisotopic (exact) mass is 303 g/mol. The number of nitrogens with two attached hydrogens (primary N) is 1. The van der Waals surface area contributed by atoms with Gasteiger partial charge in [0.1, 0.15) is 0 Å². The van der Waals surface area contributed by atoms with Crippen LogP contribution in [0.4, 0.5) is 5.69 Å². The van der Waals surface area contributed by atoms with E-state index in [0.29, 0.717) is 22.8 Å². The standard InChI is InChI=1S/C16H18ClN3O/c1-10-3-6-15-11(2)20(8-7-19(10)15)16(21)12-4-5-14(18)13(17)9-12/h3-6,9,11H,7-8,18H2,1-2H3. The number of halogens is 1. The molecule has 0 radical (unpaired) electrons. The lowest BCUT2D eigenvalue weighted by atomic mass is 10.1. The van der Waals surface area contributed by atoms with Crippen LogP contribution in [0.15, 0.2) is 30.3 Å². The average molecular weight is 304 g/mol. The highest BCUT2D eigenvalue weighted by atomic mass is 35.5. The summed E-state index contributed by atoms with van der Waals surface area (Å²) in [7, 11) is 0. The summed E-state index contributed by atoms with van der Waals surface area (Å²) >= 11 is 6.02. The zero-order valence-electron chi connectivity index (χ0n) is 12.1. The molecule has 1 aromatic heterocycles. The van der Waals surface area contributed by atoms with Crippen LogP contribution in [0.1, 0.15) is 34.7 Å². The molecule has 5 heteroatoms. The highest BCUT2D eigenvalue weighted by molar-refractivity contribution is 6.33. The number of aromatic nitrogens is 1. The summed E-state index contributed by atoms with van der Waals surface area (Å²) in [5, 5.41) is 0.421. The fourth-order valence-electron chi connectivity index (χ4n) is 2.92. The number of carbonyl (C=O) groups excluding carboxylic acids is 1. The largest absolute Gasteiger partial charge is 0.398 e. The van der Waals surface area contributed by atoms with E-state index in [1.54, 1.807) is 18.2 Å². The van der Waals surface area contributed by atoms with Crippen LogP contribution in [0, 0.1) is 6.92 Å². The molecule has 110 valence electrons. The maximum absolute atomic E-state index is 12.7. The molecule has 1 atom stereocenters. The van der Waals surface area contributed by atoms with E-state index in [9.17, 15) is 4.79 Å². The highest BCUT2D eigenvalue weighted by Crippen LogP contribution is 2.29. The predicted molar refractivity (Wildman–Crippen MR) is 84.5 cm³/mol. The SMILES string of the molecule is Cc1ccc2n1CCN(C(=O)c1ccc(N)c(Cl)c1)C2C. The van der Waals surface area contributed by atoms with E-state index in [-0.39, 0.29) is 11.9 Å². The van der Waals surface area contributed by atoms with E-state index in [1.807, 2.05) is 4.90 Å². The molecule has 4 nitrogen and oxygen atoms in total. The molecule has 1 aliphatic rings. The Labute approximate surface area is 129 Å². The van der Waals surface area contributed by atoms with Gasteiger partial charge in [0, 0.05) is 30.0 Å². The molecule has 1 unspecified atom stereocenters. The molecule has 0 spiro atoms. The van der Waals surface area contributed by atoms with Crippen LogP contribution in [0.2, 0.25) is 5.02 Å². The Morgan fingerprint density at radius 1 is 1.29 bits per heavy atom. The van der Waals surface area contributed by atoms with Gasteiger partial charge < -0.3 is 15.2 Å². The lowest BCUT2D eigenvalue weighted by Gasteiger charge is -2.35. The Kier molecular flexibility index (Phi) is 3.41. The molecule has 1 aromatic carbocycles. The number of anilines is 1. The number of aryl methyl sites for hydroxylation is 1. The van der Waals surface area contributed by atoms with Crippen molar-refractivity contribution in [1.82, 2.24) is 9.47 Å². The van der Waals surface area contributed by atoms with Crippen LogP contribution in [0.5, 0.6) is 0 Å². The van der Waals surface area contributed by atoms with Gasteiger partial charge in [0.25, 0.3) is 5.91 Å². The number of amides is 1. The second-order valence-electron chi connectivity index (χ2n) is 5.46. The zero-order chi connectivity index (χ0) is 15.1. The number of nitrogen functional groups attached to an aromatic ring is 1. The molecule has 2 aromatic rings. The van der Waals surface area contributed by atoms with Gasteiger partial charge >= 0.3 is 0 Å². The van der Waals surface area contributed by atoms with Gasteiger partial charge in [-0.3, -0.25) is 4.79 Å². The minimum absolute atomic E-state index is 0.00509. The highest BCUT2D eigenvalue weighted by Gasteiger charge is 2.29. The van der Waals surface area contributed by atoms with Gasteiger partial charge in [0.15, 0.2) is 0 Å². The van der Waals surface area contributed by atoms with Crippen molar-refractivity contribution in [3.8, 4) is 0 Å². The molecule has 0 saturated heterocycles. The first-order valence-electron chi connectivity index (χ1n) is 7.01. The summed E-state index contributed by atoms with van der Waals surface area (Å²) in [5.41, 5.74) is 9.18. The first-order chi connectivity index (χ1) is 9.99. The molecule has 1 amide bonds. The van der Waals surface area contributed by atoms with Gasteiger partial charge in [0.05, 0.1) is 16.8 Å². The Morgan fingerprint density at radius 2 is 2.05 bits per heavy atom. The molecule has 2 heterocycles. The molecule has 0 fully saturated rings. The number of nitrogens with zero attached hydrogens (tertiary/aromatic N) is 2. The Balaban J connectivity index is 1.91. The third-order valence-electron chi connectivity index (χ3n) is 4.20. The fourth-order valence-corrected chi connectivity index (χ4v) is 3.10. The van der Waals surface area contributed by atoms with E-state index in [0.717, 1.165) is 6.54 Å². The van der Waals surface area contributed by atoms with Crippen molar-refractivity contribution in [3.63, 3.8) is 0 Å². The smallest absolute Gasteiger partial charge is 0.254 e. The van der Waals surface area contributed by atoms with Crippen LogP contribution in [-0.4, -0.2) is 21.9 Å². The quantitative estimate of drug-likeness (QED) is 0.822. The number of carbonyl (C=O) groups is 1. The lowest BCUT2D eigenvalue weighted by Crippen LogP contribution is -2.41. The zero-order valence-corrected chi connectivity index (χ0v) is 12.9. The summed E-state index contributed by atoms with van der Waals surface area (Å²) < 4.78 is 2.27. The number of rotatable bonds is 1. The molecule has 0 aliphatic carbocycles. The summed E-state index contributed by atoms with van der Waals surface area (Å²) in [6, 6.07) is 9.29. The van der Waals surface area contributed by atoms with Crippen molar-refractivity contribution in [3.05, 3.63) is 52.3 Å².